The number of hydrogen-bond donors (Lipinski definition) is 1. The summed E-state index contributed by atoms with van der Waals surface area (Å²) in [5.41, 5.74) is 5.36. The van der Waals surface area contributed by atoms with Crippen molar-refractivity contribution in [2.24, 2.45) is 5.73 Å². The molecule has 1 rings (SSSR count). The van der Waals surface area contributed by atoms with Crippen molar-refractivity contribution < 1.29 is 9.47 Å². The van der Waals surface area contributed by atoms with Crippen LogP contribution in [0.1, 0.15) is 6.92 Å². The molecule has 0 aliphatic heterocycles. The molecule has 0 atom stereocenters. The second kappa shape index (κ2) is 5.88. The van der Waals surface area contributed by atoms with Crippen LogP contribution < -0.4 is 15.2 Å². The summed E-state index contributed by atoms with van der Waals surface area (Å²) >= 11 is 3.37. The van der Waals surface area contributed by atoms with Crippen LogP contribution in [0.15, 0.2) is 22.7 Å². The van der Waals surface area contributed by atoms with E-state index >= 15 is 0 Å². The molecule has 78 valence electrons. The zero-order valence-electron chi connectivity index (χ0n) is 8.13. The van der Waals surface area contributed by atoms with Crippen LogP contribution in [0.2, 0.25) is 0 Å². The molecule has 1 aromatic carbocycles. The van der Waals surface area contributed by atoms with E-state index in [0.29, 0.717) is 19.8 Å². The predicted octanol–water partition coefficient (Wildman–Crippen LogP) is 2.19. The van der Waals surface area contributed by atoms with E-state index in [-0.39, 0.29) is 0 Å². The molecular weight excluding hydrogens is 246 g/mol. The van der Waals surface area contributed by atoms with Crippen molar-refractivity contribution in [3.05, 3.63) is 22.7 Å². The van der Waals surface area contributed by atoms with Crippen LogP contribution in [-0.2, 0) is 0 Å². The molecule has 0 aromatic heterocycles. The van der Waals surface area contributed by atoms with Crippen LogP contribution in [0.3, 0.4) is 0 Å². The van der Waals surface area contributed by atoms with Gasteiger partial charge in [-0.2, -0.15) is 0 Å². The van der Waals surface area contributed by atoms with Gasteiger partial charge in [0.2, 0.25) is 0 Å². The largest absolute Gasteiger partial charge is 0.490 e. The summed E-state index contributed by atoms with van der Waals surface area (Å²) in [4.78, 5) is 0. The zero-order chi connectivity index (χ0) is 10.4. The molecular formula is C10H14BrNO2. The second-order valence-corrected chi connectivity index (χ2v) is 3.58. The van der Waals surface area contributed by atoms with Gasteiger partial charge in [0.15, 0.2) is 11.5 Å². The van der Waals surface area contributed by atoms with Crippen molar-refractivity contribution >= 4 is 15.9 Å². The Kier molecular flexibility index (Phi) is 4.76. The molecule has 14 heavy (non-hydrogen) atoms. The molecule has 0 saturated heterocycles. The van der Waals surface area contributed by atoms with Gasteiger partial charge in [-0.15, -0.1) is 0 Å². The SMILES string of the molecule is CCOc1cc(Br)ccc1OCCN. The minimum Gasteiger partial charge on any atom is -0.490 e. The van der Waals surface area contributed by atoms with Crippen molar-refractivity contribution in [2.75, 3.05) is 19.8 Å². The lowest BCUT2D eigenvalue weighted by Crippen LogP contribution is -2.11. The van der Waals surface area contributed by atoms with Gasteiger partial charge in [-0.25, -0.2) is 0 Å². The third-order valence-electron chi connectivity index (χ3n) is 1.58. The maximum absolute atomic E-state index is 5.42. The lowest BCUT2D eigenvalue weighted by molar-refractivity contribution is 0.282. The second-order valence-electron chi connectivity index (χ2n) is 2.66. The highest BCUT2D eigenvalue weighted by Crippen LogP contribution is 2.30. The van der Waals surface area contributed by atoms with Gasteiger partial charge in [0.25, 0.3) is 0 Å². The molecule has 0 aliphatic rings. The van der Waals surface area contributed by atoms with Crippen LogP contribution in [0.25, 0.3) is 0 Å². The van der Waals surface area contributed by atoms with E-state index in [1.807, 2.05) is 25.1 Å². The summed E-state index contributed by atoms with van der Waals surface area (Å²) in [6, 6.07) is 5.66. The Bertz CT molecular complexity index is 291. The first-order chi connectivity index (χ1) is 6.77. The Hall–Kier alpha value is -0.740. The molecule has 0 amide bonds. The molecule has 2 N–H and O–H groups in total. The number of ether oxygens (including phenoxy) is 2. The first-order valence-electron chi connectivity index (χ1n) is 4.53. The average Bonchev–Trinajstić information content (AvgIpc) is 2.17. The van der Waals surface area contributed by atoms with E-state index < -0.39 is 0 Å². The fourth-order valence-corrected chi connectivity index (χ4v) is 1.38. The smallest absolute Gasteiger partial charge is 0.162 e. The molecule has 4 heteroatoms. The summed E-state index contributed by atoms with van der Waals surface area (Å²) < 4.78 is 11.8. The maximum atomic E-state index is 5.42. The number of benzene rings is 1. The first-order valence-corrected chi connectivity index (χ1v) is 5.32. The van der Waals surface area contributed by atoms with Gasteiger partial charge in [-0.1, -0.05) is 15.9 Å². The van der Waals surface area contributed by atoms with Crippen LogP contribution in [0, 0.1) is 0 Å². The van der Waals surface area contributed by atoms with E-state index in [1.165, 1.54) is 0 Å². The van der Waals surface area contributed by atoms with Crippen molar-refractivity contribution in [3.8, 4) is 11.5 Å². The zero-order valence-corrected chi connectivity index (χ0v) is 9.71. The van der Waals surface area contributed by atoms with E-state index in [0.717, 1.165) is 16.0 Å². The van der Waals surface area contributed by atoms with Crippen molar-refractivity contribution in [1.82, 2.24) is 0 Å². The van der Waals surface area contributed by atoms with E-state index in [9.17, 15) is 0 Å². The third-order valence-corrected chi connectivity index (χ3v) is 2.07. The average molecular weight is 260 g/mol. The van der Waals surface area contributed by atoms with Crippen LogP contribution in [0.4, 0.5) is 0 Å². The summed E-state index contributed by atoms with van der Waals surface area (Å²) in [7, 11) is 0. The van der Waals surface area contributed by atoms with Gasteiger partial charge >= 0.3 is 0 Å². The Morgan fingerprint density at radius 1 is 1.29 bits per heavy atom. The third kappa shape index (κ3) is 3.20. The van der Waals surface area contributed by atoms with Crippen molar-refractivity contribution in [1.29, 1.82) is 0 Å². The van der Waals surface area contributed by atoms with Gasteiger partial charge < -0.3 is 15.2 Å². The molecule has 0 aliphatic carbocycles. The molecule has 0 unspecified atom stereocenters. The summed E-state index contributed by atoms with van der Waals surface area (Å²) in [5.74, 6) is 1.48. The molecule has 0 saturated carbocycles. The Balaban J connectivity index is 2.78. The van der Waals surface area contributed by atoms with E-state index in [2.05, 4.69) is 15.9 Å². The molecule has 1 aromatic rings. The van der Waals surface area contributed by atoms with Crippen LogP contribution in [-0.4, -0.2) is 19.8 Å². The summed E-state index contributed by atoms with van der Waals surface area (Å²) in [6.45, 7) is 3.56. The van der Waals surface area contributed by atoms with Crippen molar-refractivity contribution in [2.45, 2.75) is 6.92 Å². The quantitative estimate of drug-likeness (QED) is 0.882. The lowest BCUT2D eigenvalue weighted by atomic mass is 10.3. The number of hydrogen-bond acceptors (Lipinski definition) is 3. The van der Waals surface area contributed by atoms with Gasteiger partial charge in [-0.3, -0.25) is 0 Å². The summed E-state index contributed by atoms with van der Waals surface area (Å²) in [6.07, 6.45) is 0. The monoisotopic (exact) mass is 259 g/mol. The van der Waals surface area contributed by atoms with Crippen LogP contribution in [0.5, 0.6) is 11.5 Å². The molecule has 0 radical (unpaired) electrons. The topological polar surface area (TPSA) is 44.5 Å². The van der Waals surface area contributed by atoms with Gasteiger partial charge in [0, 0.05) is 11.0 Å². The Morgan fingerprint density at radius 2 is 2.07 bits per heavy atom. The highest BCUT2D eigenvalue weighted by atomic mass is 79.9. The predicted molar refractivity (Wildman–Crippen MR) is 59.9 cm³/mol. The standard InChI is InChI=1S/C10H14BrNO2/c1-2-13-10-7-8(11)3-4-9(10)14-6-5-12/h3-4,7H,2,5-6,12H2,1H3. The molecule has 0 fully saturated rings. The minimum absolute atomic E-state index is 0.502. The van der Waals surface area contributed by atoms with E-state index in [4.69, 9.17) is 15.2 Å². The maximum Gasteiger partial charge on any atom is 0.162 e. The normalized spacial score (nSPS) is 9.93. The summed E-state index contributed by atoms with van der Waals surface area (Å²) in [5, 5.41) is 0. The van der Waals surface area contributed by atoms with Gasteiger partial charge in [0.1, 0.15) is 6.61 Å². The first kappa shape index (κ1) is 11.3. The fraction of sp³-hybridized carbons (Fsp3) is 0.400. The highest BCUT2D eigenvalue weighted by molar-refractivity contribution is 9.10. The Labute approximate surface area is 92.3 Å². The Morgan fingerprint density at radius 3 is 2.71 bits per heavy atom. The van der Waals surface area contributed by atoms with Crippen molar-refractivity contribution in [3.63, 3.8) is 0 Å². The number of rotatable bonds is 5. The molecule has 0 spiro atoms. The number of nitrogens with two attached hydrogens (primary N) is 1. The van der Waals surface area contributed by atoms with Crippen LogP contribution >= 0.6 is 15.9 Å². The fourth-order valence-electron chi connectivity index (χ4n) is 1.04. The minimum atomic E-state index is 0.502. The molecule has 0 heterocycles. The highest BCUT2D eigenvalue weighted by Gasteiger charge is 2.04. The van der Waals surface area contributed by atoms with Gasteiger partial charge in [-0.05, 0) is 25.1 Å². The molecule has 3 nitrogen and oxygen atoms in total. The van der Waals surface area contributed by atoms with Gasteiger partial charge in [0.05, 0.1) is 6.61 Å². The van der Waals surface area contributed by atoms with E-state index in [1.54, 1.807) is 0 Å². The molecule has 0 bridgehead atoms. The number of halogens is 1. The lowest BCUT2D eigenvalue weighted by Gasteiger charge is -2.11.